The van der Waals surface area contributed by atoms with Crippen molar-refractivity contribution >= 4 is 13.3 Å². The Morgan fingerprint density at radius 3 is 2.55 bits per heavy atom. The van der Waals surface area contributed by atoms with E-state index in [0.29, 0.717) is 6.61 Å². The monoisotopic (exact) mass is 171 g/mol. The molecule has 58 valence electrons. The van der Waals surface area contributed by atoms with Crippen molar-refractivity contribution in [1.82, 2.24) is 0 Å². The van der Waals surface area contributed by atoms with Crippen LogP contribution in [0.5, 0.6) is 0 Å². The van der Waals surface area contributed by atoms with E-state index in [0.717, 1.165) is 5.30 Å². The fourth-order valence-electron chi connectivity index (χ4n) is 0.742. The van der Waals surface area contributed by atoms with E-state index in [2.05, 4.69) is 0 Å². The van der Waals surface area contributed by atoms with Crippen molar-refractivity contribution in [3.63, 3.8) is 0 Å². The Kier molecular flexibility index (Phi) is 3.21. The van der Waals surface area contributed by atoms with Crippen LogP contribution in [0.3, 0.4) is 0 Å². The average molecular weight is 171 g/mol. The smallest absolute Gasteiger partial charge is 0.142 e. The van der Waals surface area contributed by atoms with Crippen molar-refractivity contribution in [1.29, 1.82) is 0 Å². The van der Waals surface area contributed by atoms with Gasteiger partial charge < -0.3 is 0 Å². The van der Waals surface area contributed by atoms with Crippen LogP contribution in [0.2, 0.25) is 0 Å². The summed E-state index contributed by atoms with van der Waals surface area (Å²) in [6.45, 7) is 2.32. The molecular formula is C8H10O2P+. The lowest BCUT2D eigenvalue weighted by molar-refractivity contribution is 0.357. The number of hydrogen-bond donors (Lipinski definition) is 0. The highest BCUT2D eigenvalue weighted by Crippen LogP contribution is 2.19. The van der Waals surface area contributed by atoms with Crippen molar-refractivity contribution in [2.24, 2.45) is 0 Å². The maximum absolute atomic E-state index is 11.2. The summed E-state index contributed by atoms with van der Waals surface area (Å²) < 4.78 is 16.1. The highest BCUT2D eigenvalue weighted by molar-refractivity contribution is 7.48. The van der Waals surface area contributed by atoms with E-state index in [1.54, 1.807) is 12.1 Å². The predicted octanol–water partition coefficient (Wildman–Crippen LogP) is 2.09. The van der Waals surface area contributed by atoms with Crippen LogP contribution in [0, 0.1) is 0 Å². The van der Waals surface area contributed by atoms with Gasteiger partial charge in [0.05, 0.1) is 0 Å². The van der Waals surface area contributed by atoms with E-state index in [9.17, 15) is 4.57 Å². The van der Waals surface area contributed by atoms with E-state index >= 15 is 0 Å². The van der Waals surface area contributed by atoms with Crippen LogP contribution < -0.4 is 5.30 Å². The van der Waals surface area contributed by atoms with Gasteiger partial charge in [0.25, 0.3) is 0 Å². The van der Waals surface area contributed by atoms with Gasteiger partial charge in [-0.1, -0.05) is 18.2 Å². The first kappa shape index (κ1) is 8.38. The summed E-state index contributed by atoms with van der Waals surface area (Å²) in [7, 11) is -1.63. The molecule has 0 bridgehead atoms. The average Bonchev–Trinajstić information content (AvgIpc) is 2.07. The lowest BCUT2D eigenvalue weighted by Gasteiger charge is -1.83. The van der Waals surface area contributed by atoms with E-state index in [-0.39, 0.29) is 0 Å². The molecule has 0 heterocycles. The van der Waals surface area contributed by atoms with Crippen LogP contribution in [-0.2, 0) is 9.09 Å². The molecule has 0 aliphatic heterocycles. The second kappa shape index (κ2) is 4.22. The fraction of sp³-hybridized carbons (Fsp3) is 0.250. The Hall–Kier alpha value is -0.720. The molecule has 1 aromatic carbocycles. The SMILES string of the molecule is CC[18O][P+](=O)c1ccccc1. The minimum absolute atomic E-state index is 0.490. The zero-order valence-electron chi connectivity index (χ0n) is 6.36. The zero-order valence-corrected chi connectivity index (χ0v) is 7.25. The Morgan fingerprint density at radius 2 is 2.00 bits per heavy atom. The standard InChI is InChI=1S/C8H10O2P/c1-2-10-11(9)8-6-4-3-5-7-8/h3-7H,2H2,1H3/q+1/i10+2. The van der Waals surface area contributed by atoms with Crippen LogP contribution >= 0.6 is 8.03 Å². The molecule has 0 aliphatic rings. The van der Waals surface area contributed by atoms with Gasteiger partial charge in [0, 0.05) is 0 Å². The van der Waals surface area contributed by atoms with E-state index in [1.807, 2.05) is 25.1 Å². The molecule has 0 aromatic heterocycles. The Labute approximate surface area is 67.1 Å². The quantitative estimate of drug-likeness (QED) is 0.514. The van der Waals surface area contributed by atoms with Crippen LogP contribution in [0.1, 0.15) is 6.92 Å². The molecule has 0 aliphatic carbocycles. The molecular weight excluding hydrogens is 161 g/mol. The minimum atomic E-state index is -1.63. The maximum Gasteiger partial charge on any atom is 0.548 e. The predicted molar refractivity (Wildman–Crippen MR) is 45.3 cm³/mol. The summed E-state index contributed by atoms with van der Waals surface area (Å²) in [5.74, 6) is 0. The molecule has 1 aromatic rings. The van der Waals surface area contributed by atoms with Gasteiger partial charge in [-0.3, -0.25) is 0 Å². The normalized spacial score (nSPS) is 11.2. The van der Waals surface area contributed by atoms with Gasteiger partial charge in [0.15, 0.2) is 0 Å². The number of benzene rings is 1. The maximum atomic E-state index is 11.2. The molecule has 0 radical (unpaired) electrons. The summed E-state index contributed by atoms with van der Waals surface area (Å²) >= 11 is 0. The van der Waals surface area contributed by atoms with Crippen LogP contribution in [0.4, 0.5) is 0 Å². The van der Waals surface area contributed by atoms with Crippen LogP contribution in [0.25, 0.3) is 0 Å². The largest absolute Gasteiger partial charge is 0.548 e. The van der Waals surface area contributed by atoms with Gasteiger partial charge in [-0.05, 0) is 23.6 Å². The molecule has 0 saturated carbocycles. The molecule has 3 heteroatoms. The first-order valence-corrected chi connectivity index (χ1v) is 4.67. The molecule has 1 atom stereocenters. The van der Waals surface area contributed by atoms with Gasteiger partial charge in [-0.2, -0.15) is 0 Å². The fourth-order valence-corrected chi connectivity index (χ4v) is 1.54. The Morgan fingerprint density at radius 1 is 1.36 bits per heavy atom. The summed E-state index contributed by atoms with van der Waals surface area (Å²) in [6, 6.07) is 9.19. The van der Waals surface area contributed by atoms with Crippen molar-refractivity contribution in [3.8, 4) is 0 Å². The molecule has 11 heavy (non-hydrogen) atoms. The van der Waals surface area contributed by atoms with Gasteiger partial charge in [-0.15, -0.1) is 4.52 Å². The summed E-state index contributed by atoms with van der Waals surface area (Å²) in [5.41, 5.74) is 0. The molecule has 0 amide bonds. The summed E-state index contributed by atoms with van der Waals surface area (Å²) in [6.07, 6.45) is 0. The van der Waals surface area contributed by atoms with Crippen molar-refractivity contribution in [3.05, 3.63) is 30.3 Å². The Bertz CT molecular complexity index is 233. The van der Waals surface area contributed by atoms with Gasteiger partial charge in [0.2, 0.25) is 5.30 Å². The van der Waals surface area contributed by atoms with Gasteiger partial charge in [-0.25, -0.2) is 0 Å². The summed E-state index contributed by atoms with van der Waals surface area (Å²) in [5, 5.41) is 0.754. The summed E-state index contributed by atoms with van der Waals surface area (Å²) in [4.78, 5) is 0. The van der Waals surface area contributed by atoms with E-state index < -0.39 is 8.03 Å². The first-order chi connectivity index (χ1) is 5.34. The van der Waals surface area contributed by atoms with Crippen molar-refractivity contribution < 1.29 is 9.09 Å². The number of hydrogen-bond acceptors (Lipinski definition) is 2. The number of rotatable bonds is 3. The van der Waals surface area contributed by atoms with Crippen LogP contribution in [-0.4, -0.2) is 6.61 Å². The molecule has 1 rings (SSSR count). The molecule has 0 saturated heterocycles. The topological polar surface area (TPSA) is 26.3 Å². The van der Waals surface area contributed by atoms with E-state index in [1.165, 1.54) is 0 Å². The lowest BCUT2D eigenvalue weighted by atomic mass is 10.4. The van der Waals surface area contributed by atoms with Crippen molar-refractivity contribution in [2.45, 2.75) is 6.92 Å². The molecule has 0 N–H and O–H groups in total. The third kappa shape index (κ3) is 2.41. The molecule has 2 nitrogen and oxygen atoms in total. The van der Waals surface area contributed by atoms with Gasteiger partial charge >= 0.3 is 8.03 Å². The minimum Gasteiger partial charge on any atom is -0.142 e. The Balaban J connectivity index is 2.69. The van der Waals surface area contributed by atoms with Crippen molar-refractivity contribution in [2.75, 3.05) is 6.61 Å². The third-order valence-corrected chi connectivity index (χ3v) is 2.43. The first-order valence-electron chi connectivity index (χ1n) is 3.50. The second-order valence-corrected chi connectivity index (χ2v) is 3.30. The zero-order chi connectivity index (χ0) is 8.10. The molecule has 1 unspecified atom stereocenters. The highest BCUT2D eigenvalue weighted by Gasteiger charge is 2.19. The molecule has 0 spiro atoms. The highest BCUT2D eigenvalue weighted by atomic mass is 31.1. The van der Waals surface area contributed by atoms with Gasteiger partial charge in [0.1, 0.15) is 6.61 Å². The lowest BCUT2D eigenvalue weighted by Crippen LogP contribution is -1.95. The third-order valence-electron chi connectivity index (χ3n) is 1.21. The molecule has 0 fully saturated rings. The van der Waals surface area contributed by atoms with E-state index in [4.69, 9.17) is 4.52 Å². The van der Waals surface area contributed by atoms with Crippen LogP contribution in [0.15, 0.2) is 30.3 Å². The second-order valence-electron chi connectivity index (χ2n) is 2.01.